The Balaban J connectivity index is 1.50. The topological polar surface area (TPSA) is 99.3 Å². The highest BCUT2D eigenvalue weighted by atomic mass is 16.5. The predicted octanol–water partition coefficient (Wildman–Crippen LogP) is 2.60. The van der Waals surface area contributed by atoms with Gasteiger partial charge in [0.2, 0.25) is 5.91 Å². The first-order valence-corrected chi connectivity index (χ1v) is 13.0. The lowest BCUT2D eigenvalue weighted by Crippen LogP contribution is -2.53. The second-order valence-corrected chi connectivity index (χ2v) is 10.6. The summed E-state index contributed by atoms with van der Waals surface area (Å²) in [6, 6.07) is 12.1. The van der Waals surface area contributed by atoms with E-state index in [0.29, 0.717) is 36.3 Å². The van der Waals surface area contributed by atoms with Gasteiger partial charge in [-0.2, -0.15) is 0 Å². The van der Waals surface area contributed by atoms with Gasteiger partial charge in [0.25, 0.3) is 11.8 Å². The lowest BCUT2D eigenvalue weighted by molar-refractivity contribution is -0.138. The van der Waals surface area contributed by atoms with Crippen LogP contribution in [0.25, 0.3) is 0 Å². The van der Waals surface area contributed by atoms with Gasteiger partial charge in [0.1, 0.15) is 17.8 Å². The van der Waals surface area contributed by atoms with Crippen LogP contribution in [0.1, 0.15) is 47.4 Å². The Morgan fingerprint density at radius 3 is 2.39 bits per heavy atom. The Morgan fingerprint density at radius 1 is 1.05 bits per heavy atom. The molecule has 2 fully saturated rings. The predicted molar refractivity (Wildman–Crippen MR) is 144 cm³/mol. The first-order chi connectivity index (χ1) is 18.1. The fourth-order valence-corrected chi connectivity index (χ4v) is 5.31. The molecule has 2 aromatic rings. The van der Waals surface area contributed by atoms with Crippen molar-refractivity contribution in [3.8, 4) is 5.75 Å². The van der Waals surface area contributed by atoms with Gasteiger partial charge in [-0.05, 0) is 61.2 Å². The van der Waals surface area contributed by atoms with E-state index in [4.69, 9.17) is 4.74 Å². The molecule has 9 nitrogen and oxygen atoms in total. The van der Waals surface area contributed by atoms with Gasteiger partial charge in [-0.3, -0.25) is 19.2 Å². The normalized spacial score (nSPS) is 19.4. The number of likely N-dealkylation sites (tertiary alicyclic amines) is 2. The molecule has 0 aromatic heterocycles. The van der Waals surface area contributed by atoms with Crippen LogP contribution in [0.4, 0.5) is 5.69 Å². The van der Waals surface area contributed by atoms with Crippen LogP contribution in [0.15, 0.2) is 48.5 Å². The minimum Gasteiger partial charge on any atom is -0.497 e. The summed E-state index contributed by atoms with van der Waals surface area (Å²) < 4.78 is 5.23. The highest BCUT2D eigenvalue weighted by Crippen LogP contribution is 2.32. The maximum atomic E-state index is 13.7. The van der Waals surface area contributed by atoms with E-state index in [9.17, 15) is 19.2 Å². The summed E-state index contributed by atoms with van der Waals surface area (Å²) >= 11 is 0. The molecule has 1 N–H and O–H groups in total. The number of amides is 3. The summed E-state index contributed by atoms with van der Waals surface area (Å²) in [6.07, 6.45) is 0.946. The third kappa shape index (κ3) is 5.51. The number of carbonyl (C=O) groups is 4. The molecular weight excluding hydrogens is 484 g/mol. The van der Waals surface area contributed by atoms with Gasteiger partial charge >= 0.3 is 0 Å². The molecule has 0 bridgehead atoms. The van der Waals surface area contributed by atoms with Crippen molar-refractivity contribution in [3.05, 3.63) is 59.7 Å². The fourth-order valence-electron chi connectivity index (χ4n) is 5.31. The Labute approximate surface area is 223 Å². The number of Topliss-reactive ketones (excluding diaryl/α,β-unsaturated/α-hetero) is 1. The Bertz CT molecular complexity index is 1210. The molecule has 0 radical (unpaired) electrons. The molecule has 0 saturated carbocycles. The van der Waals surface area contributed by atoms with Crippen molar-refractivity contribution >= 4 is 29.2 Å². The number of hydrogen-bond acceptors (Lipinski definition) is 6. The molecule has 0 spiro atoms. The quantitative estimate of drug-likeness (QED) is 0.575. The number of rotatable bonds is 8. The van der Waals surface area contributed by atoms with Crippen molar-refractivity contribution in [3.63, 3.8) is 0 Å². The number of methoxy groups -OCH3 is 1. The number of hydrogen-bond donors (Lipinski definition) is 1. The van der Waals surface area contributed by atoms with Crippen LogP contribution in [-0.4, -0.2) is 85.7 Å². The maximum absolute atomic E-state index is 13.7. The summed E-state index contributed by atoms with van der Waals surface area (Å²) in [5.74, 6) is -0.335. The second kappa shape index (κ2) is 11.2. The summed E-state index contributed by atoms with van der Waals surface area (Å²) in [7, 11) is 5.38. The van der Waals surface area contributed by atoms with E-state index in [2.05, 4.69) is 5.32 Å². The number of ketones is 1. The van der Waals surface area contributed by atoms with Crippen LogP contribution in [0, 0.1) is 5.92 Å². The zero-order chi connectivity index (χ0) is 27.6. The van der Waals surface area contributed by atoms with Crippen molar-refractivity contribution in [2.75, 3.05) is 39.2 Å². The van der Waals surface area contributed by atoms with Crippen LogP contribution in [-0.2, 0) is 9.59 Å². The van der Waals surface area contributed by atoms with Gasteiger partial charge in [-0.1, -0.05) is 19.9 Å². The van der Waals surface area contributed by atoms with Crippen LogP contribution < -0.4 is 15.0 Å². The number of carbonyl (C=O) groups excluding carboxylic acids is 4. The van der Waals surface area contributed by atoms with E-state index >= 15 is 0 Å². The average molecular weight is 521 g/mol. The van der Waals surface area contributed by atoms with E-state index in [-0.39, 0.29) is 42.0 Å². The van der Waals surface area contributed by atoms with Crippen LogP contribution >= 0.6 is 0 Å². The smallest absolute Gasteiger partial charge is 0.254 e. The number of nitrogens with zero attached hydrogens (tertiary/aromatic N) is 3. The first-order valence-electron chi connectivity index (χ1n) is 13.0. The van der Waals surface area contributed by atoms with Crippen molar-refractivity contribution in [2.45, 2.75) is 44.8 Å². The number of anilines is 1. The molecule has 2 saturated heterocycles. The molecule has 2 heterocycles. The minimum absolute atomic E-state index is 0.0470. The van der Waals surface area contributed by atoms with Gasteiger partial charge in [0.15, 0.2) is 5.78 Å². The molecule has 0 aliphatic carbocycles. The SMILES string of the molecule is COc1cccc(C(=O)N2CC(=O)C3C2CCN3C(=O)[C@H](CC(C)C)NC(=O)c2ccc(N(C)C)cc2)c1. The molecule has 3 atom stereocenters. The molecule has 2 unspecified atom stereocenters. The Hall–Kier alpha value is -3.88. The third-order valence-corrected chi connectivity index (χ3v) is 7.24. The average Bonchev–Trinajstić information content (AvgIpc) is 3.48. The molecule has 3 amide bonds. The van der Waals surface area contributed by atoms with Crippen LogP contribution in [0.3, 0.4) is 0 Å². The summed E-state index contributed by atoms with van der Waals surface area (Å²) in [4.78, 5) is 58.3. The van der Waals surface area contributed by atoms with Gasteiger partial charge in [0, 0.05) is 37.5 Å². The molecule has 2 aromatic carbocycles. The number of ether oxygens (including phenoxy) is 1. The standard InChI is InChI=1S/C29H36N4O5/c1-18(2)15-23(30-27(35)19-9-11-21(12-10-19)31(3)4)29(37)32-14-13-24-26(32)25(34)17-33(24)28(36)20-7-6-8-22(16-20)38-5/h6-12,16,18,23-24,26H,13-15,17H2,1-5H3,(H,30,35)/t23-,24?,26?/m0/s1. The largest absolute Gasteiger partial charge is 0.497 e. The zero-order valence-electron chi connectivity index (χ0n) is 22.6. The molecule has 2 aliphatic heterocycles. The van der Waals surface area contributed by atoms with Crippen molar-refractivity contribution < 1.29 is 23.9 Å². The van der Waals surface area contributed by atoms with Crippen molar-refractivity contribution in [1.82, 2.24) is 15.1 Å². The third-order valence-electron chi connectivity index (χ3n) is 7.24. The lowest BCUT2D eigenvalue weighted by Gasteiger charge is -2.29. The molecule has 9 heteroatoms. The molecule has 202 valence electrons. The van der Waals surface area contributed by atoms with Crippen molar-refractivity contribution in [2.24, 2.45) is 5.92 Å². The minimum atomic E-state index is -0.772. The zero-order valence-corrected chi connectivity index (χ0v) is 22.6. The van der Waals surface area contributed by atoms with E-state index in [1.54, 1.807) is 46.2 Å². The molecular formula is C29H36N4O5. The lowest BCUT2D eigenvalue weighted by atomic mass is 10.0. The Morgan fingerprint density at radius 2 is 1.76 bits per heavy atom. The summed E-state index contributed by atoms with van der Waals surface area (Å²) in [5.41, 5.74) is 1.86. The van der Waals surface area contributed by atoms with E-state index in [0.717, 1.165) is 5.69 Å². The van der Waals surface area contributed by atoms with Crippen molar-refractivity contribution in [1.29, 1.82) is 0 Å². The van der Waals surface area contributed by atoms with E-state index < -0.39 is 12.1 Å². The maximum Gasteiger partial charge on any atom is 0.254 e. The number of fused-ring (bicyclic) bond motifs is 1. The molecule has 38 heavy (non-hydrogen) atoms. The molecule has 4 rings (SSSR count). The van der Waals surface area contributed by atoms with Crippen LogP contribution in [0.2, 0.25) is 0 Å². The highest BCUT2D eigenvalue weighted by Gasteiger charge is 2.52. The van der Waals surface area contributed by atoms with Gasteiger partial charge in [-0.15, -0.1) is 0 Å². The molecule has 2 aliphatic rings. The Kier molecular flexibility index (Phi) is 8.04. The van der Waals surface area contributed by atoms with Gasteiger partial charge in [0.05, 0.1) is 19.7 Å². The van der Waals surface area contributed by atoms with E-state index in [1.807, 2.05) is 45.0 Å². The second-order valence-electron chi connectivity index (χ2n) is 10.6. The monoisotopic (exact) mass is 520 g/mol. The van der Waals surface area contributed by atoms with E-state index in [1.165, 1.54) is 7.11 Å². The highest BCUT2D eigenvalue weighted by molar-refractivity contribution is 6.03. The van der Waals surface area contributed by atoms with Gasteiger partial charge in [-0.25, -0.2) is 0 Å². The fraction of sp³-hybridized carbons (Fsp3) is 0.448. The number of benzene rings is 2. The summed E-state index contributed by atoms with van der Waals surface area (Å²) in [6.45, 7) is 4.28. The first kappa shape index (κ1) is 27.2. The van der Waals surface area contributed by atoms with Gasteiger partial charge < -0.3 is 24.8 Å². The summed E-state index contributed by atoms with van der Waals surface area (Å²) in [5, 5.41) is 2.91. The number of nitrogens with one attached hydrogen (secondary N) is 1. The van der Waals surface area contributed by atoms with Crippen LogP contribution in [0.5, 0.6) is 5.75 Å².